The number of aromatic hydroxyl groups is 1. The number of nitrogens with one attached hydrogen (secondary N) is 1. The molecule has 0 unspecified atom stereocenters. The highest BCUT2D eigenvalue weighted by molar-refractivity contribution is 7.71. The molecule has 1 aromatic carbocycles. The lowest BCUT2D eigenvalue weighted by Gasteiger charge is -1.99. The number of aromatic amines is 1. The molecule has 1 aliphatic carbocycles. The first-order valence-electron chi connectivity index (χ1n) is 6.25. The van der Waals surface area contributed by atoms with Crippen molar-refractivity contribution in [2.24, 2.45) is 5.10 Å². The number of hydrogen-bond acceptors (Lipinski definition) is 6. The molecule has 3 rings (SSSR count). The van der Waals surface area contributed by atoms with Gasteiger partial charge in [0.1, 0.15) is 0 Å². The number of H-pyrrole nitrogens is 1. The number of phenolic OH excluding ortho intramolecular Hbond substituents is 1. The summed E-state index contributed by atoms with van der Waals surface area (Å²) >= 11 is 5.11. The van der Waals surface area contributed by atoms with E-state index in [0.29, 0.717) is 16.3 Å². The summed E-state index contributed by atoms with van der Waals surface area (Å²) in [4.78, 5) is 10.1. The number of nitrogens with zero attached hydrogens (tertiary/aromatic N) is 4. The first kappa shape index (κ1) is 13.4. The van der Waals surface area contributed by atoms with Crippen LogP contribution < -0.4 is 0 Å². The third-order valence-electron chi connectivity index (χ3n) is 3.14. The molecule has 21 heavy (non-hydrogen) atoms. The summed E-state index contributed by atoms with van der Waals surface area (Å²) in [6.45, 7) is 0. The number of benzene rings is 1. The molecule has 2 aromatic rings. The molecule has 0 atom stereocenters. The molecule has 1 fully saturated rings. The average Bonchev–Trinajstić information content (AvgIpc) is 3.22. The van der Waals surface area contributed by atoms with E-state index < -0.39 is 4.92 Å². The van der Waals surface area contributed by atoms with E-state index in [2.05, 4.69) is 15.3 Å². The maximum atomic E-state index is 10.8. The van der Waals surface area contributed by atoms with Crippen LogP contribution in [0.25, 0.3) is 0 Å². The third-order valence-corrected chi connectivity index (χ3v) is 3.40. The highest BCUT2D eigenvalue weighted by Crippen LogP contribution is 2.38. The zero-order valence-electron chi connectivity index (χ0n) is 10.8. The van der Waals surface area contributed by atoms with Crippen molar-refractivity contribution in [1.29, 1.82) is 0 Å². The van der Waals surface area contributed by atoms with Crippen LogP contribution in [0, 0.1) is 14.9 Å². The lowest BCUT2D eigenvalue weighted by molar-refractivity contribution is -0.385. The Morgan fingerprint density at radius 2 is 2.33 bits per heavy atom. The van der Waals surface area contributed by atoms with Crippen molar-refractivity contribution >= 4 is 24.1 Å². The Morgan fingerprint density at radius 3 is 3.00 bits per heavy atom. The van der Waals surface area contributed by atoms with Crippen molar-refractivity contribution < 1.29 is 10.0 Å². The molecular weight excluding hydrogens is 294 g/mol. The van der Waals surface area contributed by atoms with Crippen molar-refractivity contribution in [3.8, 4) is 5.75 Å². The average molecular weight is 305 g/mol. The molecule has 8 nitrogen and oxygen atoms in total. The topological polar surface area (TPSA) is 109 Å². The Balaban J connectivity index is 1.93. The van der Waals surface area contributed by atoms with E-state index in [0.717, 1.165) is 18.7 Å². The number of rotatable bonds is 4. The van der Waals surface area contributed by atoms with Crippen molar-refractivity contribution in [1.82, 2.24) is 14.9 Å². The van der Waals surface area contributed by atoms with Crippen molar-refractivity contribution in [3.63, 3.8) is 0 Å². The molecule has 1 heterocycles. The van der Waals surface area contributed by atoms with E-state index in [9.17, 15) is 15.2 Å². The summed E-state index contributed by atoms with van der Waals surface area (Å²) in [5, 5.41) is 31.2. The zero-order valence-corrected chi connectivity index (χ0v) is 11.6. The van der Waals surface area contributed by atoms with Gasteiger partial charge in [0.15, 0.2) is 11.6 Å². The normalized spacial score (nSPS) is 14.7. The summed E-state index contributed by atoms with van der Waals surface area (Å²) < 4.78 is 1.90. The Hall–Kier alpha value is -2.55. The Labute approximate surface area is 123 Å². The molecular formula is C12H11N5O3S. The van der Waals surface area contributed by atoms with Gasteiger partial charge in [0.2, 0.25) is 4.77 Å². The summed E-state index contributed by atoms with van der Waals surface area (Å²) in [5.74, 6) is 0.754. The summed E-state index contributed by atoms with van der Waals surface area (Å²) in [7, 11) is 0. The zero-order chi connectivity index (χ0) is 15.0. The van der Waals surface area contributed by atoms with Crippen LogP contribution in [0.1, 0.15) is 30.1 Å². The van der Waals surface area contributed by atoms with E-state index in [-0.39, 0.29) is 11.4 Å². The monoisotopic (exact) mass is 305 g/mol. The molecule has 2 N–H and O–H groups in total. The second-order valence-electron chi connectivity index (χ2n) is 4.72. The van der Waals surface area contributed by atoms with Crippen LogP contribution in [0.5, 0.6) is 5.75 Å². The maximum absolute atomic E-state index is 10.8. The molecule has 0 amide bonds. The van der Waals surface area contributed by atoms with Crippen LogP contribution in [0.2, 0.25) is 0 Å². The molecule has 1 aromatic heterocycles. The fourth-order valence-electron chi connectivity index (χ4n) is 1.91. The molecule has 108 valence electrons. The van der Waals surface area contributed by atoms with Gasteiger partial charge in [0, 0.05) is 17.5 Å². The SMILES string of the molecule is O=[N+]([O-])c1cc(/C=N\n2c(C3CC3)n[nH]c2=S)ccc1O. The fraction of sp³-hybridized carbons (Fsp3) is 0.250. The van der Waals surface area contributed by atoms with Crippen LogP contribution in [-0.2, 0) is 0 Å². The maximum Gasteiger partial charge on any atom is 0.311 e. The van der Waals surface area contributed by atoms with Gasteiger partial charge >= 0.3 is 5.69 Å². The van der Waals surface area contributed by atoms with Gasteiger partial charge in [-0.15, -0.1) is 0 Å². The predicted molar refractivity (Wildman–Crippen MR) is 77.1 cm³/mol. The lowest BCUT2D eigenvalue weighted by atomic mass is 10.2. The molecule has 0 spiro atoms. The van der Waals surface area contributed by atoms with E-state index in [1.54, 1.807) is 0 Å². The van der Waals surface area contributed by atoms with Gasteiger partial charge in [-0.3, -0.25) is 15.2 Å². The van der Waals surface area contributed by atoms with Crippen molar-refractivity contribution in [2.75, 3.05) is 0 Å². The summed E-state index contributed by atoms with van der Waals surface area (Å²) in [6.07, 6.45) is 3.56. The fourth-order valence-corrected chi connectivity index (χ4v) is 2.10. The second-order valence-corrected chi connectivity index (χ2v) is 5.11. The van der Waals surface area contributed by atoms with Gasteiger partial charge in [0.05, 0.1) is 11.1 Å². The first-order chi connectivity index (χ1) is 10.1. The third kappa shape index (κ3) is 2.68. The Morgan fingerprint density at radius 1 is 1.57 bits per heavy atom. The number of hydrogen-bond donors (Lipinski definition) is 2. The molecule has 1 saturated carbocycles. The number of aromatic nitrogens is 3. The number of nitro benzene ring substituents is 1. The van der Waals surface area contributed by atoms with Gasteiger partial charge in [0.25, 0.3) is 0 Å². The van der Waals surface area contributed by atoms with Crippen LogP contribution in [0.3, 0.4) is 0 Å². The quantitative estimate of drug-likeness (QED) is 0.390. The van der Waals surface area contributed by atoms with Crippen LogP contribution >= 0.6 is 12.2 Å². The van der Waals surface area contributed by atoms with Gasteiger partial charge in [-0.25, -0.2) is 0 Å². The van der Waals surface area contributed by atoms with Gasteiger partial charge in [-0.2, -0.15) is 14.9 Å². The minimum absolute atomic E-state index is 0.364. The van der Waals surface area contributed by atoms with E-state index >= 15 is 0 Å². The highest BCUT2D eigenvalue weighted by Gasteiger charge is 2.29. The lowest BCUT2D eigenvalue weighted by Crippen LogP contribution is -1.97. The van der Waals surface area contributed by atoms with Crippen molar-refractivity contribution in [2.45, 2.75) is 18.8 Å². The largest absolute Gasteiger partial charge is 0.502 e. The Bertz CT molecular complexity index is 790. The van der Waals surface area contributed by atoms with Gasteiger partial charge < -0.3 is 5.11 Å². The van der Waals surface area contributed by atoms with Crippen molar-refractivity contribution in [3.05, 3.63) is 44.5 Å². The standard InChI is InChI=1S/C12H11N5O3S/c18-10-4-1-7(5-9(10)17(19)20)6-13-16-11(8-2-3-8)14-15-12(16)21/h1,4-6,8,18H,2-3H2,(H,15,21)/b13-6-. The molecule has 0 saturated heterocycles. The van der Waals surface area contributed by atoms with E-state index in [1.807, 2.05) is 0 Å². The minimum Gasteiger partial charge on any atom is -0.502 e. The number of nitro groups is 1. The molecule has 9 heteroatoms. The molecule has 0 bridgehead atoms. The van der Waals surface area contributed by atoms with Gasteiger partial charge in [-0.1, -0.05) is 0 Å². The first-order valence-corrected chi connectivity index (χ1v) is 6.66. The molecule has 0 radical (unpaired) electrons. The van der Waals surface area contributed by atoms with Crippen LogP contribution in [0.4, 0.5) is 5.69 Å². The summed E-state index contributed by atoms with van der Waals surface area (Å²) in [6, 6.07) is 4.04. The van der Waals surface area contributed by atoms with Crippen LogP contribution in [0.15, 0.2) is 23.3 Å². The van der Waals surface area contributed by atoms with Crippen LogP contribution in [-0.4, -0.2) is 31.1 Å². The molecule has 1 aliphatic rings. The smallest absolute Gasteiger partial charge is 0.311 e. The van der Waals surface area contributed by atoms with Gasteiger partial charge in [-0.05, 0) is 37.2 Å². The van der Waals surface area contributed by atoms with E-state index in [4.69, 9.17) is 12.2 Å². The minimum atomic E-state index is -0.647. The second kappa shape index (κ2) is 5.09. The number of phenols is 1. The summed E-state index contributed by atoms with van der Waals surface area (Å²) in [5.41, 5.74) is 0.126. The Kier molecular flexibility index (Phi) is 3.26. The molecule has 0 aliphatic heterocycles. The van der Waals surface area contributed by atoms with E-state index in [1.165, 1.54) is 29.1 Å². The predicted octanol–water partition coefficient (Wildman–Crippen LogP) is 2.31. The highest BCUT2D eigenvalue weighted by atomic mass is 32.1.